The van der Waals surface area contributed by atoms with Crippen molar-refractivity contribution in [3.8, 4) is 6.07 Å². The molecule has 0 bridgehead atoms. The first-order chi connectivity index (χ1) is 13.2. The van der Waals surface area contributed by atoms with Crippen LogP contribution in [-0.4, -0.2) is 37.2 Å². The highest BCUT2D eigenvalue weighted by molar-refractivity contribution is 6.06. The van der Waals surface area contributed by atoms with Gasteiger partial charge in [-0.2, -0.15) is 5.26 Å². The third-order valence-corrected chi connectivity index (χ3v) is 5.10. The smallest absolute Gasteiger partial charge is 0.256 e. The normalized spacial score (nSPS) is 16.3. The Morgan fingerprint density at radius 1 is 1.19 bits per heavy atom. The van der Waals surface area contributed by atoms with Gasteiger partial charge in [-0.25, -0.2) is 4.98 Å². The van der Waals surface area contributed by atoms with Crippen molar-refractivity contribution in [1.82, 2.24) is 4.98 Å². The van der Waals surface area contributed by atoms with Gasteiger partial charge < -0.3 is 15.0 Å². The minimum Gasteiger partial charge on any atom is -0.381 e. The minimum atomic E-state index is -0.161. The van der Waals surface area contributed by atoms with Crippen LogP contribution in [0.2, 0.25) is 0 Å². The Bertz CT molecular complexity index is 898. The van der Waals surface area contributed by atoms with Gasteiger partial charge in [0.2, 0.25) is 0 Å². The van der Waals surface area contributed by atoms with E-state index in [4.69, 9.17) is 15.0 Å². The SMILES string of the molecule is N#Cc1cccc(NC(=O)c2cc(N3CCCC3)nc3c2CCOCC3)c1. The average molecular weight is 362 g/mol. The van der Waals surface area contributed by atoms with E-state index in [1.54, 1.807) is 24.3 Å². The fourth-order valence-electron chi connectivity index (χ4n) is 3.72. The number of nitriles is 1. The molecule has 2 aliphatic rings. The standard InChI is InChI=1S/C21H22N4O2/c22-14-15-4-3-5-16(12-15)23-21(26)18-13-20(25-8-1-2-9-25)24-19-7-11-27-10-6-17(18)19/h3-5,12-13H,1-2,6-11H2,(H,23,26). The second-order valence-corrected chi connectivity index (χ2v) is 6.91. The largest absolute Gasteiger partial charge is 0.381 e. The van der Waals surface area contributed by atoms with Crippen LogP contribution in [0.15, 0.2) is 30.3 Å². The van der Waals surface area contributed by atoms with E-state index in [9.17, 15) is 4.79 Å². The molecule has 1 saturated heterocycles. The second kappa shape index (κ2) is 7.77. The molecular weight excluding hydrogens is 340 g/mol. The number of ether oxygens (including phenoxy) is 1. The zero-order valence-electron chi connectivity index (χ0n) is 15.2. The van der Waals surface area contributed by atoms with Crippen molar-refractivity contribution >= 4 is 17.4 Å². The lowest BCUT2D eigenvalue weighted by Crippen LogP contribution is -2.23. The number of hydrogen-bond donors (Lipinski definition) is 1. The number of nitrogens with one attached hydrogen (secondary N) is 1. The molecule has 3 heterocycles. The topological polar surface area (TPSA) is 78.3 Å². The molecule has 1 aromatic heterocycles. The summed E-state index contributed by atoms with van der Waals surface area (Å²) in [5.74, 6) is 0.718. The second-order valence-electron chi connectivity index (χ2n) is 6.91. The first-order valence-corrected chi connectivity index (χ1v) is 9.41. The molecule has 6 nitrogen and oxygen atoms in total. The Morgan fingerprint density at radius 2 is 2.00 bits per heavy atom. The van der Waals surface area contributed by atoms with Crippen molar-refractivity contribution in [3.05, 3.63) is 52.7 Å². The summed E-state index contributed by atoms with van der Waals surface area (Å²) in [4.78, 5) is 20.2. The number of nitrogens with zero attached hydrogens (tertiary/aromatic N) is 3. The van der Waals surface area contributed by atoms with E-state index < -0.39 is 0 Å². The van der Waals surface area contributed by atoms with Gasteiger partial charge in [-0.1, -0.05) is 6.07 Å². The summed E-state index contributed by atoms with van der Waals surface area (Å²) in [6, 6.07) is 11.0. The Hall–Kier alpha value is -2.91. The van der Waals surface area contributed by atoms with Crippen LogP contribution < -0.4 is 10.2 Å². The predicted molar refractivity (Wildman–Crippen MR) is 103 cm³/mol. The number of pyridine rings is 1. The zero-order chi connectivity index (χ0) is 18.6. The fourth-order valence-corrected chi connectivity index (χ4v) is 3.72. The van der Waals surface area contributed by atoms with Crippen molar-refractivity contribution < 1.29 is 9.53 Å². The maximum absolute atomic E-state index is 13.1. The lowest BCUT2D eigenvalue weighted by molar-refractivity contribution is 0.102. The number of aromatic nitrogens is 1. The number of carbonyl (C=O) groups excluding carboxylic acids is 1. The quantitative estimate of drug-likeness (QED) is 0.908. The fraction of sp³-hybridized carbons (Fsp3) is 0.381. The highest BCUT2D eigenvalue weighted by Gasteiger charge is 2.23. The van der Waals surface area contributed by atoms with Crippen LogP contribution >= 0.6 is 0 Å². The van der Waals surface area contributed by atoms with Gasteiger partial charge in [0.1, 0.15) is 5.82 Å². The van der Waals surface area contributed by atoms with Gasteiger partial charge in [0.15, 0.2) is 0 Å². The maximum atomic E-state index is 13.1. The molecule has 1 amide bonds. The number of anilines is 2. The third kappa shape index (κ3) is 3.79. The van der Waals surface area contributed by atoms with E-state index in [1.165, 1.54) is 0 Å². The number of hydrogen-bond acceptors (Lipinski definition) is 5. The van der Waals surface area contributed by atoms with Gasteiger partial charge >= 0.3 is 0 Å². The van der Waals surface area contributed by atoms with E-state index in [0.717, 1.165) is 49.4 Å². The average Bonchev–Trinajstić information content (AvgIpc) is 3.13. The number of carbonyl (C=O) groups is 1. The van der Waals surface area contributed by atoms with Crippen LogP contribution in [-0.2, 0) is 17.6 Å². The molecule has 6 heteroatoms. The van der Waals surface area contributed by atoms with Crippen LogP contribution in [0, 0.1) is 11.3 Å². The van der Waals surface area contributed by atoms with E-state index in [0.29, 0.717) is 36.4 Å². The van der Waals surface area contributed by atoms with Gasteiger partial charge in [0.05, 0.1) is 24.8 Å². The molecule has 0 radical (unpaired) electrons. The van der Waals surface area contributed by atoms with Crippen LogP contribution in [0.1, 0.15) is 40.0 Å². The molecule has 0 atom stereocenters. The molecule has 27 heavy (non-hydrogen) atoms. The summed E-state index contributed by atoms with van der Waals surface area (Å²) >= 11 is 0. The predicted octanol–water partition coefficient (Wildman–Crippen LogP) is 2.92. The molecule has 2 aromatic rings. The molecule has 0 aliphatic carbocycles. The highest BCUT2D eigenvalue weighted by atomic mass is 16.5. The van der Waals surface area contributed by atoms with Gasteiger partial charge in [0.25, 0.3) is 5.91 Å². The van der Waals surface area contributed by atoms with Crippen molar-refractivity contribution in [2.45, 2.75) is 25.7 Å². The zero-order valence-corrected chi connectivity index (χ0v) is 15.2. The van der Waals surface area contributed by atoms with Crippen LogP contribution in [0.4, 0.5) is 11.5 Å². The van der Waals surface area contributed by atoms with Gasteiger partial charge in [-0.15, -0.1) is 0 Å². The molecule has 2 aliphatic heterocycles. The first-order valence-electron chi connectivity index (χ1n) is 9.41. The number of benzene rings is 1. The van der Waals surface area contributed by atoms with Crippen LogP contribution in [0.3, 0.4) is 0 Å². The van der Waals surface area contributed by atoms with Gasteiger partial charge in [-0.3, -0.25) is 4.79 Å². The van der Waals surface area contributed by atoms with E-state index in [-0.39, 0.29) is 5.91 Å². The van der Waals surface area contributed by atoms with Gasteiger partial charge in [-0.05, 0) is 49.1 Å². The number of amides is 1. The molecule has 1 aromatic carbocycles. The minimum absolute atomic E-state index is 0.161. The van der Waals surface area contributed by atoms with Crippen molar-refractivity contribution in [2.75, 3.05) is 36.5 Å². The Labute approximate surface area is 158 Å². The van der Waals surface area contributed by atoms with Crippen molar-refractivity contribution in [2.24, 2.45) is 0 Å². The molecule has 138 valence electrons. The Morgan fingerprint density at radius 3 is 2.81 bits per heavy atom. The molecular formula is C21H22N4O2. The van der Waals surface area contributed by atoms with Crippen molar-refractivity contribution in [3.63, 3.8) is 0 Å². The molecule has 0 spiro atoms. The summed E-state index contributed by atoms with van der Waals surface area (Å²) in [7, 11) is 0. The molecule has 4 rings (SSSR count). The summed E-state index contributed by atoms with van der Waals surface area (Å²) in [5, 5.41) is 12.0. The summed E-state index contributed by atoms with van der Waals surface area (Å²) in [5.41, 5.74) is 3.75. The van der Waals surface area contributed by atoms with Gasteiger partial charge in [0, 0.05) is 36.5 Å². The summed E-state index contributed by atoms with van der Waals surface area (Å²) in [6.07, 6.45) is 3.72. The van der Waals surface area contributed by atoms with Crippen LogP contribution in [0.5, 0.6) is 0 Å². The number of rotatable bonds is 3. The van der Waals surface area contributed by atoms with Crippen LogP contribution in [0.25, 0.3) is 0 Å². The Balaban J connectivity index is 1.69. The molecule has 1 N–H and O–H groups in total. The summed E-state index contributed by atoms with van der Waals surface area (Å²) < 4.78 is 5.60. The lowest BCUT2D eigenvalue weighted by atomic mass is 10.0. The van der Waals surface area contributed by atoms with E-state index in [2.05, 4.69) is 16.3 Å². The summed E-state index contributed by atoms with van der Waals surface area (Å²) in [6.45, 7) is 3.19. The molecule has 1 fully saturated rings. The lowest BCUT2D eigenvalue weighted by Gasteiger charge is -2.20. The Kier molecular flexibility index (Phi) is 5.03. The third-order valence-electron chi connectivity index (χ3n) is 5.10. The highest BCUT2D eigenvalue weighted by Crippen LogP contribution is 2.26. The van der Waals surface area contributed by atoms with E-state index >= 15 is 0 Å². The first kappa shape index (κ1) is 17.5. The number of fused-ring (bicyclic) bond motifs is 1. The monoisotopic (exact) mass is 362 g/mol. The molecule has 0 saturated carbocycles. The van der Waals surface area contributed by atoms with E-state index in [1.807, 2.05) is 6.07 Å². The van der Waals surface area contributed by atoms with Crippen molar-refractivity contribution in [1.29, 1.82) is 5.26 Å². The maximum Gasteiger partial charge on any atom is 0.256 e. The molecule has 0 unspecified atom stereocenters.